The van der Waals surface area contributed by atoms with E-state index in [4.69, 9.17) is 14.8 Å². The first kappa shape index (κ1) is 23.1. The highest BCUT2D eigenvalue weighted by Crippen LogP contribution is 2.27. The number of rotatable bonds is 10. The minimum absolute atomic E-state index is 0.0348. The number of hydroxylamine groups is 1. The molecule has 0 bridgehead atoms. The summed E-state index contributed by atoms with van der Waals surface area (Å²) in [6, 6.07) is 7.72. The smallest absolute Gasteiger partial charge is 0.407 e. The zero-order valence-electron chi connectivity index (χ0n) is 16.7. The quantitative estimate of drug-likeness (QED) is 0.416. The van der Waals surface area contributed by atoms with Crippen LogP contribution in [0.3, 0.4) is 0 Å². The van der Waals surface area contributed by atoms with Gasteiger partial charge in [-0.15, -0.1) is 0 Å². The Morgan fingerprint density at radius 3 is 2.73 bits per heavy atom. The van der Waals surface area contributed by atoms with E-state index in [1.807, 2.05) is 19.1 Å². The minimum atomic E-state index is -1.29. The maximum Gasteiger partial charge on any atom is 0.407 e. The third-order valence-electron chi connectivity index (χ3n) is 4.56. The molecule has 3 atom stereocenters. The summed E-state index contributed by atoms with van der Waals surface area (Å²) >= 11 is 0. The number of aliphatic carboxylic acids is 1. The first-order valence-corrected chi connectivity index (χ1v) is 9.77. The number of amides is 2. The van der Waals surface area contributed by atoms with Gasteiger partial charge in [-0.1, -0.05) is 25.5 Å². The molecule has 0 radical (unpaired) electrons. The molecule has 0 spiro atoms. The molecular formula is C20H26N4O6. The Labute approximate surface area is 174 Å². The number of ether oxygens (including phenoxy) is 1. The predicted molar refractivity (Wildman–Crippen MR) is 105 cm³/mol. The Morgan fingerprint density at radius 1 is 1.37 bits per heavy atom. The first-order chi connectivity index (χ1) is 14.4. The van der Waals surface area contributed by atoms with Crippen molar-refractivity contribution in [1.82, 2.24) is 16.1 Å². The average Bonchev–Trinajstić information content (AvgIpc) is 3.19. The molecule has 0 aliphatic carbocycles. The monoisotopic (exact) mass is 418 g/mol. The van der Waals surface area contributed by atoms with Gasteiger partial charge in [-0.05, 0) is 30.5 Å². The lowest BCUT2D eigenvalue weighted by atomic mass is 10.00. The minimum Gasteiger partial charge on any atom is -0.480 e. The van der Waals surface area contributed by atoms with Gasteiger partial charge in [0.15, 0.2) is 0 Å². The Hall–Kier alpha value is -3.16. The second kappa shape index (κ2) is 11.7. The van der Waals surface area contributed by atoms with Crippen LogP contribution in [-0.2, 0) is 19.2 Å². The molecule has 1 aliphatic heterocycles. The number of unbranched alkanes of at least 4 members (excludes halogenated alkanes) is 1. The van der Waals surface area contributed by atoms with Crippen molar-refractivity contribution in [3.05, 3.63) is 35.4 Å². The number of nitrogens with one attached hydrogen (secondary N) is 3. The van der Waals surface area contributed by atoms with E-state index >= 15 is 0 Å². The standard InChI is InChI=1S/C20H26N4O6/c1-2-3-8-29-20(28)23-17(19(26)27)12-22-18(25)10-15-9-16(24-30-15)14-6-4-13(11-21)5-7-14/h4-7,15-17,24H,2-3,8-10,12H2,1H3,(H,22,25)(H,23,28)(H,26,27)/t15-,16-,17?/m0/s1. The molecule has 1 aliphatic rings. The molecule has 162 valence electrons. The van der Waals surface area contributed by atoms with E-state index in [0.717, 1.165) is 12.0 Å². The van der Waals surface area contributed by atoms with Crippen LogP contribution in [0.15, 0.2) is 24.3 Å². The number of nitriles is 1. The lowest BCUT2D eigenvalue weighted by Crippen LogP contribution is -2.48. The Bertz CT molecular complexity index is 776. The highest BCUT2D eigenvalue weighted by atomic mass is 16.7. The van der Waals surface area contributed by atoms with E-state index in [-0.39, 0.29) is 31.7 Å². The summed E-state index contributed by atoms with van der Waals surface area (Å²) in [6.07, 6.45) is 0.882. The molecule has 0 aromatic heterocycles. The van der Waals surface area contributed by atoms with Crippen LogP contribution in [-0.4, -0.2) is 48.4 Å². The Balaban J connectivity index is 1.75. The van der Waals surface area contributed by atoms with Crippen molar-refractivity contribution < 1.29 is 29.1 Å². The van der Waals surface area contributed by atoms with Crippen molar-refractivity contribution in [2.75, 3.05) is 13.2 Å². The van der Waals surface area contributed by atoms with Crippen molar-refractivity contribution in [2.45, 2.75) is 50.8 Å². The SMILES string of the molecule is CCCCOC(=O)NC(CNC(=O)C[C@@H]1C[C@@H](c2ccc(C#N)cc2)NO1)C(=O)O. The fourth-order valence-electron chi connectivity index (χ4n) is 2.84. The van der Waals surface area contributed by atoms with Crippen molar-refractivity contribution in [3.8, 4) is 6.07 Å². The van der Waals surface area contributed by atoms with Gasteiger partial charge in [-0.2, -0.15) is 10.7 Å². The second-order valence-electron chi connectivity index (χ2n) is 6.91. The summed E-state index contributed by atoms with van der Waals surface area (Å²) < 4.78 is 4.87. The molecule has 2 amide bonds. The summed E-state index contributed by atoms with van der Waals surface area (Å²) in [5.74, 6) is -1.67. The maximum absolute atomic E-state index is 12.2. The van der Waals surface area contributed by atoms with Crippen molar-refractivity contribution in [2.24, 2.45) is 0 Å². The number of hydrogen-bond donors (Lipinski definition) is 4. The van der Waals surface area contributed by atoms with Crippen LogP contribution in [0.25, 0.3) is 0 Å². The van der Waals surface area contributed by atoms with Gasteiger partial charge in [0, 0.05) is 6.54 Å². The van der Waals surface area contributed by atoms with E-state index in [2.05, 4.69) is 22.2 Å². The molecular weight excluding hydrogens is 392 g/mol. The van der Waals surface area contributed by atoms with Gasteiger partial charge < -0.3 is 20.5 Å². The maximum atomic E-state index is 12.2. The van der Waals surface area contributed by atoms with E-state index < -0.39 is 24.0 Å². The van der Waals surface area contributed by atoms with Crippen LogP contribution < -0.4 is 16.1 Å². The Kier molecular flexibility index (Phi) is 9.05. The number of alkyl carbamates (subject to hydrolysis) is 1. The van der Waals surface area contributed by atoms with E-state index in [1.165, 1.54) is 0 Å². The molecule has 1 saturated heterocycles. The number of benzene rings is 1. The molecule has 10 nitrogen and oxygen atoms in total. The van der Waals surface area contributed by atoms with E-state index in [9.17, 15) is 19.5 Å². The largest absolute Gasteiger partial charge is 0.480 e. The first-order valence-electron chi connectivity index (χ1n) is 9.77. The average molecular weight is 418 g/mol. The van der Waals surface area contributed by atoms with Gasteiger partial charge in [0.25, 0.3) is 0 Å². The van der Waals surface area contributed by atoms with Gasteiger partial charge in [0.1, 0.15) is 6.04 Å². The molecule has 1 aromatic carbocycles. The van der Waals surface area contributed by atoms with E-state index in [1.54, 1.807) is 12.1 Å². The van der Waals surface area contributed by atoms with Crippen molar-refractivity contribution in [1.29, 1.82) is 5.26 Å². The van der Waals surface area contributed by atoms with Gasteiger partial charge >= 0.3 is 12.1 Å². The molecule has 2 rings (SSSR count). The van der Waals surface area contributed by atoms with Crippen LogP contribution in [0.1, 0.15) is 49.8 Å². The molecule has 1 unspecified atom stereocenters. The lowest BCUT2D eigenvalue weighted by molar-refractivity contribution is -0.139. The van der Waals surface area contributed by atoms with Crippen molar-refractivity contribution >= 4 is 18.0 Å². The molecule has 1 aromatic rings. The number of carbonyl (C=O) groups excluding carboxylic acids is 2. The molecule has 30 heavy (non-hydrogen) atoms. The third-order valence-corrected chi connectivity index (χ3v) is 4.56. The third kappa shape index (κ3) is 7.35. The summed E-state index contributed by atoms with van der Waals surface area (Å²) in [4.78, 5) is 40.5. The fraction of sp³-hybridized carbons (Fsp3) is 0.500. The van der Waals surface area contributed by atoms with Gasteiger partial charge in [-0.25, -0.2) is 9.59 Å². The van der Waals surface area contributed by atoms with Crippen LogP contribution in [0.4, 0.5) is 4.79 Å². The van der Waals surface area contributed by atoms with E-state index in [0.29, 0.717) is 18.4 Å². The zero-order valence-corrected chi connectivity index (χ0v) is 16.7. The summed E-state index contributed by atoms with van der Waals surface area (Å²) in [6.45, 7) is 1.87. The summed E-state index contributed by atoms with van der Waals surface area (Å²) in [7, 11) is 0. The normalized spacial score (nSPS) is 18.8. The number of carboxylic acid groups (broad SMARTS) is 1. The van der Waals surface area contributed by atoms with Crippen LogP contribution >= 0.6 is 0 Å². The highest BCUT2D eigenvalue weighted by molar-refractivity contribution is 5.82. The van der Waals surface area contributed by atoms with Gasteiger partial charge in [0.2, 0.25) is 5.91 Å². The van der Waals surface area contributed by atoms with Crippen LogP contribution in [0, 0.1) is 11.3 Å². The molecule has 10 heteroatoms. The fourth-order valence-corrected chi connectivity index (χ4v) is 2.84. The van der Waals surface area contributed by atoms with Crippen molar-refractivity contribution in [3.63, 3.8) is 0 Å². The zero-order chi connectivity index (χ0) is 21.9. The number of carboxylic acids is 1. The van der Waals surface area contributed by atoms with Crippen LogP contribution in [0.2, 0.25) is 0 Å². The molecule has 1 fully saturated rings. The number of carbonyl (C=O) groups is 3. The molecule has 4 N–H and O–H groups in total. The molecule has 0 saturated carbocycles. The summed E-state index contributed by atoms with van der Waals surface area (Å²) in [5, 5.41) is 22.8. The molecule has 1 heterocycles. The predicted octanol–water partition coefficient (Wildman–Crippen LogP) is 1.38. The van der Waals surface area contributed by atoms with Gasteiger partial charge in [0.05, 0.1) is 36.8 Å². The van der Waals surface area contributed by atoms with Crippen LogP contribution in [0.5, 0.6) is 0 Å². The Morgan fingerprint density at radius 2 is 2.10 bits per heavy atom. The second-order valence-corrected chi connectivity index (χ2v) is 6.91. The highest BCUT2D eigenvalue weighted by Gasteiger charge is 2.29. The summed E-state index contributed by atoms with van der Waals surface area (Å²) in [5.41, 5.74) is 4.37. The number of hydrogen-bond acceptors (Lipinski definition) is 7. The van der Waals surface area contributed by atoms with Gasteiger partial charge in [-0.3, -0.25) is 9.63 Å². The topological polar surface area (TPSA) is 150 Å². The number of nitrogens with zero attached hydrogens (tertiary/aromatic N) is 1. The lowest BCUT2D eigenvalue weighted by Gasteiger charge is -2.16.